The van der Waals surface area contributed by atoms with Crippen LogP contribution in [0.2, 0.25) is 0 Å². The maximum absolute atomic E-state index is 4.47. The average molecular weight is 203 g/mol. The SMILES string of the molecule is Cc1ncc(NC2CC=CCC2)nc1C. The van der Waals surface area contributed by atoms with E-state index in [1.807, 2.05) is 20.0 Å². The molecule has 1 unspecified atom stereocenters. The van der Waals surface area contributed by atoms with Crippen molar-refractivity contribution in [3.05, 3.63) is 29.7 Å². The highest BCUT2D eigenvalue weighted by molar-refractivity contribution is 5.35. The normalized spacial score (nSPS) is 20.3. The van der Waals surface area contributed by atoms with Crippen molar-refractivity contribution >= 4 is 5.82 Å². The van der Waals surface area contributed by atoms with Gasteiger partial charge in [0.25, 0.3) is 0 Å². The van der Waals surface area contributed by atoms with Crippen molar-refractivity contribution in [1.82, 2.24) is 9.97 Å². The second kappa shape index (κ2) is 4.43. The summed E-state index contributed by atoms with van der Waals surface area (Å²) in [5.74, 6) is 0.901. The third kappa shape index (κ3) is 2.55. The van der Waals surface area contributed by atoms with Crippen molar-refractivity contribution < 1.29 is 0 Å². The summed E-state index contributed by atoms with van der Waals surface area (Å²) in [7, 11) is 0. The Bertz CT molecular complexity index is 371. The van der Waals surface area contributed by atoms with Crippen LogP contribution >= 0.6 is 0 Å². The minimum absolute atomic E-state index is 0.520. The Morgan fingerprint density at radius 2 is 2.13 bits per heavy atom. The first-order chi connectivity index (χ1) is 7.25. The molecule has 3 heteroatoms. The number of aromatic nitrogens is 2. The molecule has 1 N–H and O–H groups in total. The number of anilines is 1. The van der Waals surface area contributed by atoms with Gasteiger partial charge in [0.2, 0.25) is 0 Å². The Morgan fingerprint density at radius 1 is 1.27 bits per heavy atom. The maximum atomic E-state index is 4.47. The van der Waals surface area contributed by atoms with Crippen LogP contribution in [0.4, 0.5) is 5.82 Å². The summed E-state index contributed by atoms with van der Waals surface area (Å²) < 4.78 is 0. The molecule has 0 aliphatic heterocycles. The van der Waals surface area contributed by atoms with E-state index in [0.29, 0.717) is 6.04 Å². The van der Waals surface area contributed by atoms with E-state index in [1.165, 1.54) is 6.42 Å². The fraction of sp³-hybridized carbons (Fsp3) is 0.500. The zero-order valence-corrected chi connectivity index (χ0v) is 9.33. The Morgan fingerprint density at radius 3 is 2.80 bits per heavy atom. The second-order valence-corrected chi connectivity index (χ2v) is 4.05. The van der Waals surface area contributed by atoms with Crippen LogP contribution < -0.4 is 5.32 Å². The molecule has 1 atom stereocenters. The number of aryl methyl sites for hydroxylation is 2. The van der Waals surface area contributed by atoms with Gasteiger partial charge in [0.15, 0.2) is 0 Å². The zero-order valence-electron chi connectivity index (χ0n) is 9.33. The van der Waals surface area contributed by atoms with Gasteiger partial charge in [-0.15, -0.1) is 0 Å². The second-order valence-electron chi connectivity index (χ2n) is 4.05. The lowest BCUT2D eigenvalue weighted by Crippen LogP contribution is -2.21. The van der Waals surface area contributed by atoms with Gasteiger partial charge in [-0.05, 0) is 33.1 Å². The highest BCUT2D eigenvalue weighted by Crippen LogP contribution is 2.15. The van der Waals surface area contributed by atoms with Gasteiger partial charge in [-0.3, -0.25) is 4.98 Å². The van der Waals surface area contributed by atoms with E-state index >= 15 is 0 Å². The molecule has 0 spiro atoms. The minimum atomic E-state index is 0.520. The molecule has 1 aliphatic carbocycles. The predicted octanol–water partition coefficient (Wildman–Crippen LogP) is 2.61. The monoisotopic (exact) mass is 203 g/mol. The van der Waals surface area contributed by atoms with Crippen LogP contribution in [-0.4, -0.2) is 16.0 Å². The summed E-state index contributed by atoms with van der Waals surface area (Å²) in [4.78, 5) is 8.77. The summed E-state index contributed by atoms with van der Waals surface area (Å²) in [6.45, 7) is 3.98. The quantitative estimate of drug-likeness (QED) is 0.751. The molecule has 0 saturated heterocycles. The third-order valence-corrected chi connectivity index (χ3v) is 2.81. The zero-order chi connectivity index (χ0) is 10.7. The lowest BCUT2D eigenvalue weighted by molar-refractivity contribution is 0.641. The fourth-order valence-electron chi connectivity index (χ4n) is 1.75. The number of allylic oxidation sites excluding steroid dienone is 1. The van der Waals surface area contributed by atoms with E-state index in [1.54, 1.807) is 0 Å². The molecule has 0 amide bonds. The Labute approximate surface area is 90.6 Å². The predicted molar refractivity (Wildman–Crippen MR) is 61.9 cm³/mol. The molecular formula is C12H17N3. The van der Waals surface area contributed by atoms with Crippen molar-refractivity contribution in [2.75, 3.05) is 5.32 Å². The van der Waals surface area contributed by atoms with E-state index < -0.39 is 0 Å². The summed E-state index contributed by atoms with van der Waals surface area (Å²) >= 11 is 0. The molecule has 2 rings (SSSR count). The van der Waals surface area contributed by atoms with Gasteiger partial charge in [-0.25, -0.2) is 4.98 Å². The Kier molecular flexibility index (Phi) is 2.99. The first-order valence-corrected chi connectivity index (χ1v) is 5.47. The molecule has 80 valence electrons. The van der Waals surface area contributed by atoms with Gasteiger partial charge in [0, 0.05) is 6.04 Å². The number of hydrogen-bond acceptors (Lipinski definition) is 3. The molecule has 0 aromatic carbocycles. The highest BCUT2D eigenvalue weighted by Gasteiger charge is 2.10. The van der Waals surface area contributed by atoms with Crippen LogP contribution in [0.25, 0.3) is 0 Å². The van der Waals surface area contributed by atoms with Crippen LogP contribution in [-0.2, 0) is 0 Å². The molecule has 3 nitrogen and oxygen atoms in total. The van der Waals surface area contributed by atoms with Crippen molar-refractivity contribution in [1.29, 1.82) is 0 Å². The summed E-state index contributed by atoms with van der Waals surface area (Å²) in [5.41, 5.74) is 2.01. The van der Waals surface area contributed by atoms with Gasteiger partial charge in [0.05, 0.1) is 17.6 Å². The molecule has 1 aromatic heterocycles. The summed E-state index contributed by atoms with van der Waals surface area (Å²) in [6, 6.07) is 0.520. The maximum Gasteiger partial charge on any atom is 0.145 e. The molecule has 1 aliphatic rings. The Hall–Kier alpha value is -1.38. The largest absolute Gasteiger partial charge is 0.366 e. The molecule has 1 aromatic rings. The van der Waals surface area contributed by atoms with Gasteiger partial charge in [0.1, 0.15) is 5.82 Å². The smallest absolute Gasteiger partial charge is 0.145 e. The molecule has 0 bridgehead atoms. The van der Waals surface area contributed by atoms with E-state index in [0.717, 1.165) is 30.0 Å². The number of rotatable bonds is 2. The van der Waals surface area contributed by atoms with E-state index in [4.69, 9.17) is 0 Å². The van der Waals surface area contributed by atoms with Crippen LogP contribution in [0.5, 0.6) is 0 Å². The molecular weight excluding hydrogens is 186 g/mol. The minimum Gasteiger partial charge on any atom is -0.366 e. The summed E-state index contributed by atoms with van der Waals surface area (Å²) in [5, 5.41) is 3.42. The van der Waals surface area contributed by atoms with Gasteiger partial charge in [-0.1, -0.05) is 12.2 Å². The third-order valence-electron chi connectivity index (χ3n) is 2.81. The fourth-order valence-corrected chi connectivity index (χ4v) is 1.75. The standard InChI is InChI=1S/C12H17N3/c1-9-10(2)14-12(8-13-9)15-11-6-4-3-5-7-11/h3-4,8,11H,5-7H2,1-2H3,(H,14,15). The van der Waals surface area contributed by atoms with Crippen LogP contribution in [0, 0.1) is 13.8 Å². The highest BCUT2D eigenvalue weighted by atomic mass is 15.0. The number of nitrogens with one attached hydrogen (secondary N) is 1. The number of nitrogens with zero attached hydrogens (tertiary/aromatic N) is 2. The lowest BCUT2D eigenvalue weighted by Gasteiger charge is -2.19. The van der Waals surface area contributed by atoms with Crippen molar-refractivity contribution in [2.45, 2.75) is 39.2 Å². The summed E-state index contributed by atoms with van der Waals surface area (Å²) in [6.07, 6.45) is 9.73. The first kappa shape index (κ1) is 10.1. The van der Waals surface area contributed by atoms with E-state index in [2.05, 4.69) is 27.4 Å². The van der Waals surface area contributed by atoms with E-state index in [9.17, 15) is 0 Å². The van der Waals surface area contributed by atoms with Gasteiger partial charge >= 0.3 is 0 Å². The lowest BCUT2D eigenvalue weighted by atomic mass is 10.0. The first-order valence-electron chi connectivity index (χ1n) is 5.47. The van der Waals surface area contributed by atoms with Crippen LogP contribution in [0.15, 0.2) is 18.3 Å². The van der Waals surface area contributed by atoms with Gasteiger partial charge in [-0.2, -0.15) is 0 Å². The molecule has 15 heavy (non-hydrogen) atoms. The Balaban J connectivity index is 2.04. The topological polar surface area (TPSA) is 37.8 Å². The molecule has 0 saturated carbocycles. The van der Waals surface area contributed by atoms with E-state index in [-0.39, 0.29) is 0 Å². The number of hydrogen-bond donors (Lipinski definition) is 1. The molecule has 0 fully saturated rings. The van der Waals surface area contributed by atoms with Crippen LogP contribution in [0.1, 0.15) is 30.7 Å². The van der Waals surface area contributed by atoms with Crippen molar-refractivity contribution in [3.8, 4) is 0 Å². The molecule has 0 radical (unpaired) electrons. The van der Waals surface area contributed by atoms with Gasteiger partial charge < -0.3 is 5.32 Å². The van der Waals surface area contributed by atoms with Crippen molar-refractivity contribution in [3.63, 3.8) is 0 Å². The average Bonchev–Trinajstić information content (AvgIpc) is 2.25. The molecule has 1 heterocycles. The van der Waals surface area contributed by atoms with Crippen LogP contribution in [0.3, 0.4) is 0 Å². The van der Waals surface area contributed by atoms with Crippen molar-refractivity contribution in [2.24, 2.45) is 0 Å².